The highest BCUT2D eigenvalue weighted by molar-refractivity contribution is 7.10. The maximum Gasteiger partial charge on any atom is 0.252 e. The van der Waals surface area contributed by atoms with Crippen LogP contribution < -0.4 is 5.32 Å². The Hall–Kier alpha value is -2.54. The highest BCUT2D eigenvalue weighted by Gasteiger charge is 2.34. The lowest BCUT2D eigenvalue weighted by molar-refractivity contribution is -0.116. The molecule has 128 valence electrons. The zero-order valence-corrected chi connectivity index (χ0v) is 15.4. The number of rotatable bonds is 2. The van der Waals surface area contributed by atoms with Crippen LogP contribution in [0.2, 0.25) is 0 Å². The Morgan fingerprint density at radius 1 is 1.20 bits per heavy atom. The van der Waals surface area contributed by atoms with E-state index in [1.54, 1.807) is 16.0 Å². The van der Waals surface area contributed by atoms with Crippen molar-refractivity contribution in [1.29, 1.82) is 0 Å². The molecular formula is C18H19N5OS. The van der Waals surface area contributed by atoms with Crippen LogP contribution in [0.4, 0.5) is 5.82 Å². The van der Waals surface area contributed by atoms with Crippen LogP contribution in [0.5, 0.6) is 0 Å². The summed E-state index contributed by atoms with van der Waals surface area (Å²) in [5.74, 6) is 1.21. The van der Waals surface area contributed by atoms with E-state index in [-0.39, 0.29) is 11.8 Å². The van der Waals surface area contributed by atoms with Gasteiger partial charge in [0.1, 0.15) is 5.82 Å². The number of hydrogen-bond acceptors (Lipinski definition) is 5. The molecule has 4 heterocycles. The third-order valence-corrected chi connectivity index (χ3v) is 5.61. The van der Waals surface area contributed by atoms with Gasteiger partial charge >= 0.3 is 0 Å². The Kier molecular flexibility index (Phi) is 3.68. The van der Waals surface area contributed by atoms with Crippen LogP contribution in [0.15, 0.2) is 17.5 Å². The molecule has 1 aliphatic rings. The second-order valence-electron chi connectivity index (χ2n) is 6.48. The highest BCUT2D eigenvalue weighted by atomic mass is 32.1. The largest absolute Gasteiger partial charge is 0.310 e. The molecule has 0 aromatic carbocycles. The number of fused-ring (bicyclic) bond motifs is 1. The lowest BCUT2D eigenvalue weighted by Gasteiger charge is -2.23. The number of aromatic nitrogens is 4. The molecule has 1 aliphatic heterocycles. The highest BCUT2D eigenvalue weighted by Crippen LogP contribution is 2.42. The van der Waals surface area contributed by atoms with Crippen molar-refractivity contribution >= 4 is 23.1 Å². The minimum Gasteiger partial charge on any atom is -0.310 e. The Bertz CT molecular complexity index is 967. The van der Waals surface area contributed by atoms with Crippen molar-refractivity contribution in [3.8, 4) is 5.95 Å². The van der Waals surface area contributed by atoms with Gasteiger partial charge < -0.3 is 5.32 Å². The Morgan fingerprint density at radius 2 is 1.92 bits per heavy atom. The van der Waals surface area contributed by atoms with Gasteiger partial charge in [-0.3, -0.25) is 4.79 Å². The maximum atomic E-state index is 12.4. The molecule has 3 aromatic rings. The van der Waals surface area contributed by atoms with E-state index in [9.17, 15) is 4.79 Å². The zero-order valence-electron chi connectivity index (χ0n) is 14.6. The first kappa shape index (κ1) is 16.0. The number of hydrogen-bond donors (Lipinski definition) is 1. The third-order valence-electron chi connectivity index (χ3n) is 4.48. The summed E-state index contributed by atoms with van der Waals surface area (Å²) in [6, 6.07) is 4.02. The van der Waals surface area contributed by atoms with Gasteiger partial charge in [0, 0.05) is 34.2 Å². The molecule has 0 saturated heterocycles. The van der Waals surface area contributed by atoms with Gasteiger partial charge in [0.2, 0.25) is 5.91 Å². The number of amides is 1. The number of carbonyl (C=O) groups is 1. The number of aryl methyl sites for hydroxylation is 4. The van der Waals surface area contributed by atoms with Crippen LogP contribution in [0, 0.1) is 27.7 Å². The zero-order chi connectivity index (χ0) is 17.7. The molecule has 7 heteroatoms. The summed E-state index contributed by atoms with van der Waals surface area (Å²) in [4.78, 5) is 22.6. The Labute approximate surface area is 149 Å². The molecule has 0 saturated carbocycles. The van der Waals surface area contributed by atoms with E-state index < -0.39 is 0 Å². The Morgan fingerprint density at radius 3 is 2.56 bits per heavy atom. The van der Waals surface area contributed by atoms with Crippen LogP contribution in [0.3, 0.4) is 0 Å². The van der Waals surface area contributed by atoms with Crippen LogP contribution in [0.1, 0.15) is 45.4 Å². The lowest BCUT2D eigenvalue weighted by Crippen LogP contribution is -2.25. The first-order chi connectivity index (χ1) is 11.9. The van der Waals surface area contributed by atoms with Crippen LogP contribution >= 0.6 is 11.3 Å². The molecule has 0 aliphatic carbocycles. The Balaban J connectivity index is 1.92. The number of thiophene rings is 1. The first-order valence-corrected chi connectivity index (χ1v) is 9.08. The molecule has 0 spiro atoms. The predicted molar refractivity (Wildman–Crippen MR) is 97.5 cm³/mol. The van der Waals surface area contributed by atoms with Gasteiger partial charge in [0.05, 0.1) is 5.69 Å². The summed E-state index contributed by atoms with van der Waals surface area (Å²) in [6.07, 6.45) is 0.439. The predicted octanol–water partition coefficient (Wildman–Crippen LogP) is 3.43. The quantitative estimate of drug-likeness (QED) is 0.766. The van der Waals surface area contributed by atoms with Crippen molar-refractivity contribution in [2.24, 2.45) is 0 Å². The second-order valence-corrected chi connectivity index (χ2v) is 7.43. The van der Waals surface area contributed by atoms with Gasteiger partial charge in [-0.05, 0) is 50.8 Å². The van der Waals surface area contributed by atoms with Gasteiger partial charge in [-0.1, -0.05) is 0 Å². The van der Waals surface area contributed by atoms with Crippen molar-refractivity contribution in [3.05, 3.63) is 50.6 Å². The van der Waals surface area contributed by atoms with E-state index in [0.29, 0.717) is 18.2 Å². The van der Waals surface area contributed by atoms with Crippen molar-refractivity contribution in [3.63, 3.8) is 0 Å². The average Bonchev–Trinajstić information content (AvgIpc) is 3.09. The van der Waals surface area contributed by atoms with Crippen molar-refractivity contribution < 1.29 is 4.79 Å². The summed E-state index contributed by atoms with van der Waals surface area (Å²) in [5.41, 5.74) is 4.92. The summed E-state index contributed by atoms with van der Waals surface area (Å²) in [6.45, 7) is 7.92. The fraction of sp³-hybridized carbons (Fsp3) is 0.333. The van der Waals surface area contributed by atoms with E-state index in [1.807, 2.05) is 26.8 Å². The minimum absolute atomic E-state index is 0.00387. The van der Waals surface area contributed by atoms with Crippen LogP contribution in [0.25, 0.3) is 5.95 Å². The van der Waals surface area contributed by atoms with Crippen LogP contribution in [-0.2, 0) is 4.79 Å². The minimum atomic E-state index is -0.00387. The average molecular weight is 353 g/mol. The molecule has 1 atom stereocenters. The number of nitrogens with one attached hydrogen (secondary N) is 1. The monoisotopic (exact) mass is 353 g/mol. The fourth-order valence-corrected chi connectivity index (χ4v) is 4.50. The first-order valence-electron chi connectivity index (χ1n) is 8.20. The van der Waals surface area contributed by atoms with E-state index in [1.165, 1.54) is 10.4 Å². The summed E-state index contributed by atoms with van der Waals surface area (Å²) in [5, 5.41) is 9.71. The summed E-state index contributed by atoms with van der Waals surface area (Å²) >= 11 is 1.69. The SMILES string of the molecule is Cc1cc(C)nc(-n2nc(C)c3c2NC(=O)C[C@H]3c2sccc2C)n1. The smallest absolute Gasteiger partial charge is 0.252 e. The second kappa shape index (κ2) is 5.77. The number of anilines is 1. The maximum absolute atomic E-state index is 12.4. The van der Waals surface area contributed by atoms with E-state index in [4.69, 9.17) is 0 Å². The van der Waals surface area contributed by atoms with Gasteiger partial charge in [-0.25, -0.2) is 9.97 Å². The lowest BCUT2D eigenvalue weighted by atomic mass is 9.89. The number of nitrogens with zero attached hydrogens (tertiary/aromatic N) is 4. The van der Waals surface area contributed by atoms with Crippen LogP contribution in [-0.4, -0.2) is 25.7 Å². The molecule has 1 amide bonds. The molecule has 0 bridgehead atoms. The van der Waals surface area contributed by atoms with Crippen molar-refractivity contribution in [2.75, 3.05) is 5.32 Å². The standard InChI is InChI=1S/C18H19N5OS/c1-9-5-6-25-16(9)13-8-14(24)21-17-15(13)12(4)22-23(17)18-19-10(2)7-11(3)20-18/h5-7,13H,8H2,1-4H3,(H,21,24)/t13-/m1/s1. The third kappa shape index (κ3) is 2.64. The molecule has 4 rings (SSSR count). The molecule has 0 radical (unpaired) electrons. The molecular weight excluding hydrogens is 334 g/mol. The summed E-state index contributed by atoms with van der Waals surface area (Å²) < 4.78 is 1.66. The van der Waals surface area contributed by atoms with Crippen molar-refractivity contribution in [2.45, 2.75) is 40.0 Å². The van der Waals surface area contributed by atoms with E-state index >= 15 is 0 Å². The molecule has 0 unspecified atom stereocenters. The summed E-state index contributed by atoms with van der Waals surface area (Å²) in [7, 11) is 0. The number of carbonyl (C=O) groups excluding carboxylic acids is 1. The van der Waals surface area contributed by atoms with E-state index in [2.05, 4.69) is 38.8 Å². The molecule has 3 aromatic heterocycles. The van der Waals surface area contributed by atoms with Gasteiger partial charge in [-0.2, -0.15) is 9.78 Å². The topological polar surface area (TPSA) is 72.7 Å². The van der Waals surface area contributed by atoms with Gasteiger partial charge in [0.15, 0.2) is 0 Å². The van der Waals surface area contributed by atoms with Gasteiger partial charge in [-0.15, -0.1) is 11.3 Å². The molecule has 6 nitrogen and oxygen atoms in total. The van der Waals surface area contributed by atoms with E-state index in [0.717, 1.165) is 22.6 Å². The normalized spacial score (nSPS) is 16.6. The molecule has 1 N–H and O–H groups in total. The molecule has 25 heavy (non-hydrogen) atoms. The van der Waals surface area contributed by atoms with Crippen molar-refractivity contribution in [1.82, 2.24) is 19.7 Å². The van der Waals surface area contributed by atoms with Gasteiger partial charge in [0.25, 0.3) is 5.95 Å². The fourth-order valence-electron chi connectivity index (χ4n) is 3.46. The molecule has 0 fully saturated rings.